The van der Waals surface area contributed by atoms with Gasteiger partial charge in [0, 0.05) is 18.3 Å². The molecule has 0 bridgehead atoms. The van der Waals surface area contributed by atoms with Crippen molar-refractivity contribution in [2.75, 3.05) is 19.0 Å². The van der Waals surface area contributed by atoms with Crippen molar-refractivity contribution < 1.29 is 19.1 Å². The second-order valence-corrected chi connectivity index (χ2v) is 6.47. The third-order valence-electron chi connectivity index (χ3n) is 4.58. The summed E-state index contributed by atoms with van der Waals surface area (Å²) in [5.74, 6) is -1.14. The standard InChI is InChI=1S/C21H22N2O4/c1-22-20(25)15-8-10-18(11-9-15)23-19(24)13-27-21(26)17-7-6-14-4-2-3-5-16(14)12-17/h6-12H,2-5,13H2,1H3,(H,22,25)(H,23,24). The van der Waals surface area contributed by atoms with Crippen molar-refractivity contribution in [1.82, 2.24) is 5.32 Å². The summed E-state index contributed by atoms with van der Waals surface area (Å²) in [6, 6.07) is 12.0. The molecular weight excluding hydrogens is 344 g/mol. The molecule has 2 N–H and O–H groups in total. The number of fused-ring (bicyclic) bond motifs is 1. The monoisotopic (exact) mass is 366 g/mol. The largest absolute Gasteiger partial charge is 0.452 e. The molecule has 0 radical (unpaired) electrons. The molecule has 6 nitrogen and oxygen atoms in total. The number of esters is 1. The molecule has 6 heteroatoms. The fourth-order valence-corrected chi connectivity index (χ4v) is 3.12. The Kier molecular flexibility index (Phi) is 5.86. The van der Waals surface area contributed by atoms with Gasteiger partial charge in [0.2, 0.25) is 0 Å². The van der Waals surface area contributed by atoms with E-state index in [2.05, 4.69) is 10.6 Å². The van der Waals surface area contributed by atoms with Gasteiger partial charge in [-0.05, 0) is 73.2 Å². The Morgan fingerprint density at radius 1 is 0.926 bits per heavy atom. The number of carbonyl (C=O) groups is 3. The minimum absolute atomic E-state index is 0.202. The smallest absolute Gasteiger partial charge is 0.338 e. The summed E-state index contributed by atoms with van der Waals surface area (Å²) in [6.45, 7) is -0.368. The Hall–Kier alpha value is -3.15. The Morgan fingerprint density at radius 3 is 2.30 bits per heavy atom. The molecule has 0 aliphatic heterocycles. The fraction of sp³-hybridized carbons (Fsp3) is 0.286. The first-order valence-electron chi connectivity index (χ1n) is 8.98. The Labute approximate surface area is 157 Å². The van der Waals surface area contributed by atoms with Crippen molar-refractivity contribution in [3.63, 3.8) is 0 Å². The number of nitrogens with one attached hydrogen (secondary N) is 2. The lowest BCUT2D eigenvalue weighted by molar-refractivity contribution is -0.119. The highest BCUT2D eigenvalue weighted by Crippen LogP contribution is 2.22. The molecule has 3 rings (SSSR count). The van der Waals surface area contributed by atoms with Gasteiger partial charge < -0.3 is 15.4 Å². The number of aryl methyl sites for hydroxylation is 2. The van der Waals surface area contributed by atoms with Crippen LogP contribution in [0.3, 0.4) is 0 Å². The van der Waals surface area contributed by atoms with E-state index in [0.717, 1.165) is 19.3 Å². The van der Waals surface area contributed by atoms with Gasteiger partial charge in [-0.15, -0.1) is 0 Å². The first-order valence-corrected chi connectivity index (χ1v) is 8.98. The minimum Gasteiger partial charge on any atom is -0.452 e. The summed E-state index contributed by atoms with van der Waals surface area (Å²) in [6.07, 6.45) is 4.34. The van der Waals surface area contributed by atoms with Crippen LogP contribution in [-0.4, -0.2) is 31.4 Å². The summed E-state index contributed by atoms with van der Waals surface area (Å²) in [7, 11) is 1.55. The maximum absolute atomic E-state index is 12.2. The van der Waals surface area contributed by atoms with Crippen molar-refractivity contribution in [3.05, 3.63) is 64.7 Å². The maximum atomic E-state index is 12.2. The lowest BCUT2D eigenvalue weighted by Gasteiger charge is -2.16. The summed E-state index contributed by atoms with van der Waals surface area (Å²) >= 11 is 0. The van der Waals surface area contributed by atoms with Crippen molar-refractivity contribution >= 4 is 23.5 Å². The van der Waals surface area contributed by atoms with Crippen molar-refractivity contribution in [2.24, 2.45) is 0 Å². The summed E-state index contributed by atoms with van der Waals surface area (Å²) in [4.78, 5) is 35.7. The van der Waals surface area contributed by atoms with E-state index in [1.165, 1.54) is 17.5 Å². The second kappa shape index (κ2) is 8.49. The van der Waals surface area contributed by atoms with Crippen LogP contribution >= 0.6 is 0 Å². The van der Waals surface area contributed by atoms with Gasteiger partial charge in [0.15, 0.2) is 6.61 Å². The molecule has 0 saturated carbocycles. The van der Waals surface area contributed by atoms with Crippen molar-refractivity contribution in [2.45, 2.75) is 25.7 Å². The predicted molar refractivity (Wildman–Crippen MR) is 102 cm³/mol. The SMILES string of the molecule is CNC(=O)c1ccc(NC(=O)COC(=O)c2ccc3c(c2)CCCC3)cc1. The van der Waals surface area contributed by atoms with Crippen LogP contribution in [0.5, 0.6) is 0 Å². The molecule has 0 aromatic heterocycles. The van der Waals surface area contributed by atoms with Crippen LogP contribution in [0.25, 0.3) is 0 Å². The second-order valence-electron chi connectivity index (χ2n) is 6.47. The zero-order chi connectivity index (χ0) is 19.2. The normalized spacial score (nSPS) is 12.6. The van der Waals surface area contributed by atoms with E-state index in [1.54, 1.807) is 37.4 Å². The van der Waals surface area contributed by atoms with E-state index in [-0.39, 0.29) is 12.5 Å². The highest BCUT2D eigenvalue weighted by Gasteiger charge is 2.15. The molecule has 0 unspecified atom stereocenters. The molecule has 1 aliphatic carbocycles. The van der Waals surface area contributed by atoms with Gasteiger partial charge in [-0.25, -0.2) is 4.79 Å². The van der Waals surface area contributed by atoms with Gasteiger partial charge in [0.1, 0.15) is 0 Å². The number of hydrogen-bond donors (Lipinski definition) is 2. The minimum atomic E-state index is -0.506. The van der Waals surface area contributed by atoms with E-state index in [0.29, 0.717) is 16.8 Å². The number of carbonyl (C=O) groups excluding carboxylic acids is 3. The zero-order valence-electron chi connectivity index (χ0n) is 15.2. The highest BCUT2D eigenvalue weighted by molar-refractivity contribution is 5.97. The molecular formula is C21H22N2O4. The third-order valence-corrected chi connectivity index (χ3v) is 4.58. The van der Waals surface area contributed by atoms with E-state index in [4.69, 9.17) is 4.74 Å². The molecule has 2 amide bonds. The van der Waals surface area contributed by atoms with Gasteiger partial charge >= 0.3 is 5.97 Å². The molecule has 0 spiro atoms. The number of benzene rings is 2. The van der Waals surface area contributed by atoms with Crippen LogP contribution in [0.1, 0.15) is 44.7 Å². The molecule has 2 aromatic carbocycles. The van der Waals surface area contributed by atoms with Crippen molar-refractivity contribution in [3.8, 4) is 0 Å². The quantitative estimate of drug-likeness (QED) is 0.797. The average molecular weight is 366 g/mol. The molecule has 140 valence electrons. The van der Waals surface area contributed by atoms with Crippen LogP contribution in [0.15, 0.2) is 42.5 Å². The summed E-state index contributed by atoms with van der Waals surface area (Å²) in [5.41, 5.74) is 3.97. The van der Waals surface area contributed by atoms with Crippen LogP contribution in [-0.2, 0) is 22.4 Å². The van der Waals surface area contributed by atoms with Gasteiger partial charge in [-0.1, -0.05) is 6.07 Å². The van der Waals surface area contributed by atoms with E-state index < -0.39 is 11.9 Å². The Balaban J connectivity index is 1.53. The summed E-state index contributed by atoms with van der Waals surface area (Å²) in [5, 5.41) is 5.16. The van der Waals surface area contributed by atoms with Gasteiger partial charge in [-0.2, -0.15) is 0 Å². The molecule has 0 atom stereocenters. The van der Waals surface area contributed by atoms with E-state index >= 15 is 0 Å². The summed E-state index contributed by atoms with van der Waals surface area (Å²) < 4.78 is 5.12. The molecule has 0 heterocycles. The topological polar surface area (TPSA) is 84.5 Å². The van der Waals surface area contributed by atoms with E-state index in [1.807, 2.05) is 12.1 Å². The van der Waals surface area contributed by atoms with Crippen LogP contribution in [0.4, 0.5) is 5.69 Å². The first-order chi connectivity index (χ1) is 13.1. The molecule has 1 aliphatic rings. The number of anilines is 1. The molecule has 0 saturated heterocycles. The lowest BCUT2D eigenvalue weighted by atomic mass is 9.90. The third kappa shape index (κ3) is 4.73. The average Bonchev–Trinajstić information content (AvgIpc) is 2.71. The molecule has 27 heavy (non-hydrogen) atoms. The molecule has 2 aromatic rings. The van der Waals surface area contributed by atoms with Crippen molar-refractivity contribution in [1.29, 1.82) is 0 Å². The number of hydrogen-bond acceptors (Lipinski definition) is 4. The van der Waals surface area contributed by atoms with Crippen LogP contribution in [0.2, 0.25) is 0 Å². The molecule has 0 fully saturated rings. The van der Waals surface area contributed by atoms with E-state index in [9.17, 15) is 14.4 Å². The maximum Gasteiger partial charge on any atom is 0.338 e. The van der Waals surface area contributed by atoms with Crippen LogP contribution < -0.4 is 10.6 Å². The van der Waals surface area contributed by atoms with Gasteiger partial charge in [0.05, 0.1) is 5.56 Å². The van der Waals surface area contributed by atoms with Gasteiger partial charge in [-0.3, -0.25) is 9.59 Å². The first kappa shape index (κ1) is 18.6. The number of rotatable bonds is 5. The predicted octanol–water partition coefficient (Wildman–Crippen LogP) is 2.72. The Morgan fingerprint density at radius 2 is 1.59 bits per heavy atom. The van der Waals surface area contributed by atoms with Crippen LogP contribution in [0, 0.1) is 0 Å². The highest BCUT2D eigenvalue weighted by atomic mass is 16.5. The Bertz CT molecular complexity index is 859. The number of ether oxygens (including phenoxy) is 1. The lowest BCUT2D eigenvalue weighted by Crippen LogP contribution is -2.21. The number of amides is 2. The fourth-order valence-electron chi connectivity index (χ4n) is 3.12. The van der Waals surface area contributed by atoms with Gasteiger partial charge in [0.25, 0.3) is 11.8 Å². The zero-order valence-corrected chi connectivity index (χ0v) is 15.2.